The molecule has 0 saturated heterocycles. The third-order valence-electron chi connectivity index (χ3n) is 2.72. The van der Waals surface area contributed by atoms with Crippen LogP contribution in [0.4, 0.5) is 0 Å². The summed E-state index contributed by atoms with van der Waals surface area (Å²) >= 11 is 0. The van der Waals surface area contributed by atoms with Crippen molar-refractivity contribution in [1.29, 1.82) is 0 Å². The zero-order chi connectivity index (χ0) is 15.0. The highest BCUT2D eigenvalue weighted by atomic mass is 32.2. The number of sulfone groups is 1. The summed E-state index contributed by atoms with van der Waals surface area (Å²) in [6, 6.07) is 6.47. The van der Waals surface area contributed by atoms with Gasteiger partial charge in [0, 0.05) is 26.5 Å². The van der Waals surface area contributed by atoms with Crippen molar-refractivity contribution in [1.82, 2.24) is 5.32 Å². The molecule has 0 aliphatic carbocycles. The van der Waals surface area contributed by atoms with Crippen molar-refractivity contribution < 1.29 is 17.9 Å². The summed E-state index contributed by atoms with van der Waals surface area (Å²) < 4.78 is 33.3. The van der Waals surface area contributed by atoms with Gasteiger partial charge in [-0.2, -0.15) is 0 Å². The van der Waals surface area contributed by atoms with Crippen molar-refractivity contribution in [2.45, 2.75) is 24.3 Å². The Bertz CT molecular complexity index is 484. The lowest BCUT2D eigenvalue weighted by Gasteiger charge is -2.15. The molecule has 0 radical (unpaired) electrons. The molecule has 20 heavy (non-hydrogen) atoms. The first-order valence-corrected chi connectivity index (χ1v) is 8.49. The molecule has 0 aliphatic heterocycles. The molecule has 0 aromatic heterocycles. The van der Waals surface area contributed by atoms with Crippen molar-refractivity contribution in [3.8, 4) is 5.75 Å². The normalized spacial score (nSPS) is 13.2. The van der Waals surface area contributed by atoms with Gasteiger partial charge < -0.3 is 14.8 Å². The SMILES string of the molecule is COCCCNCC(C)Oc1ccc(S(C)(=O)=O)cc1. The second kappa shape index (κ2) is 8.24. The van der Waals surface area contributed by atoms with Crippen LogP contribution in [0.15, 0.2) is 29.2 Å². The minimum atomic E-state index is -3.15. The van der Waals surface area contributed by atoms with Gasteiger partial charge in [0.15, 0.2) is 9.84 Å². The number of rotatable bonds is 9. The van der Waals surface area contributed by atoms with Crippen LogP contribution in [0, 0.1) is 0 Å². The molecule has 0 heterocycles. The molecule has 0 saturated carbocycles. The van der Waals surface area contributed by atoms with Crippen molar-refractivity contribution in [3.63, 3.8) is 0 Å². The van der Waals surface area contributed by atoms with Crippen molar-refractivity contribution in [2.24, 2.45) is 0 Å². The van der Waals surface area contributed by atoms with E-state index in [1.807, 2.05) is 6.92 Å². The van der Waals surface area contributed by atoms with Gasteiger partial charge >= 0.3 is 0 Å². The number of benzene rings is 1. The number of ether oxygens (including phenoxy) is 2. The molecule has 1 aromatic carbocycles. The van der Waals surface area contributed by atoms with Crippen LogP contribution in [0.3, 0.4) is 0 Å². The van der Waals surface area contributed by atoms with Crippen LogP contribution < -0.4 is 10.1 Å². The molecule has 1 unspecified atom stereocenters. The van der Waals surface area contributed by atoms with Gasteiger partial charge in [-0.25, -0.2) is 8.42 Å². The van der Waals surface area contributed by atoms with Gasteiger partial charge in [-0.3, -0.25) is 0 Å². The van der Waals surface area contributed by atoms with Gasteiger partial charge in [-0.1, -0.05) is 0 Å². The van der Waals surface area contributed by atoms with E-state index in [0.29, 0.717) is 10.6 Å². The molecule has 114 valence electrons. The van der Waals surface area contributed by atoms with Crippen LogP contribution in [0.5, 0.6) is 5.75 Å². The first-order chi connectivity index (χ1) is 9.43. The third kappa shape index (κ3) is 6.36. The van der Waals surface area contributed by atoms with Gasteiger partial charge in [0.05, 0.1) is 4.90 Å². The van der Waals surface area contributed by atoms with E-state index in [2.05, 4.69) is 5.32 Å². The Labute approximate surface area is 121 Å². The van der Waals surface area contributed by atoms with E-state index in [1.165, 1.54) is 6.26 Å². The van der Waals surface area contributed by atoms with E-state index in [1.54, 1.807) is 31.4 Å². The lowest BCUT2D eigenvalue weighted by molar-refractivity contribution is 0.188. The Morgan fingerprint density at radius 3 is 2.45 bits per heavy atom. The highest BCUT2D eigenvalue weighted by Crippen LogP contribution is 2.16. The zero-order valence-corrected chi connectivity index (χ0v) is 13.1. The molecule has 0 aliphatic rings. The molecular weight excluding hydrogens is 278 g/mol. The fraction of sp³-hybridized carbons (Fsp3) is 0.571. The predicted octanol–water partition coefficient (Wildman–Crippen LogP) is 1.48. The molecule has 1 atom stereocenters. The number of hydrogen-bond acceptors (Lipinski definition) is 5. The van der Waals surface area contributed by atoms with Gasteiger partial charge in [0.2, 0.25) is 0 Å². The monoisotopic (exact) mass is 301 g/mol. The molecule has 1 aromatic rings. The molecule has 0 fully saturated rings. The largest absolute Gasteiger partial charge is 0.489 e. The number of nitrogens with one attached hydrogen (secondary N) is 1. The Morgan fingerprint density at radius 1 is 1.25 bits per heavy atom. The summed E-state index contributed by atoms with van der Waals surface area (Å²) in [5, 5.41) is 3.27. The average molecular weight is 301 g/mol. The van der Waals surface area contributed by atoms with E-state index in [-0.39, 0.29) is 6.10 Å². The summed E-state index contributed by atoms with van der Waals surface area (Å²) in [4.78, 5) is 0.301. The van der Waals surface area contributed by atoms with Crippen molar-refractivity contribution in [2.75, 3.05) is 33.1 Å². The van der Waals surface area contributed by atoms with Gasteiger partial charge in [-0.15, -0.1) is 0 Å². The van der Waals surface area contributed by atoms with E-state index < -0.39 is 9.84 Å². The fourth-order valence-corrected chi connectivity index (χ4v) is 2.32. The molecule has 1 N–H and O–H groups in total. The standard InChI is InChI=1S/C14H23NO4S/c1-12(11-15-9-4-10-18-2)19-13-5-7-14(8-6-13)20(3,16)17/h5-8,12,15H,4,9-11H2,1-3H3. The van der Waals surface area contributed by atoms with Crippen LogP contribution >= 0.6 is 0 Å². The Morgan fingerprint density at radius 2 is 1.90 bits per heavy atom. The molecular formula is C14H23NO4S. The first-order valence-electron chi connectivity index (χ1n) is 6.60. The summed E-state index contributed by atoms with van der Waals surface area (Å²) in [6.07, 6.45) is 2.17. The van der Waals surface area contributed by atoms with Crippen molar-refractivity contribution >= 4 is 9.84 Å². The minimum Gasteiger partial charge on any atom is -0.489 e. The third-order valence-corrected chi connectivity index (χ3v) is 3.85. The van der Waals surface area contributed by atoms with E-state index >= 15 is 0 Å². The predicted molar refractivity (Wildman–Crippen MR) is 79.0 cm³/mol. The van der Waals surface area contributed by atoms with Gasteiger partial charge in [0.25, 0.3) is 0 Å². The molecule has 0 spiro atoms. The zero-order valence-electron chi connectivity index (χ0n) is 12.3. The number of hydrogen-bond donors (Lipinski definition) is 1. The summed E-state index contributed by atoms with van der Waals surface area (Å²) in [5.41, 5.74) is 0. The van der Waals surface area contributed by atoms with E-state index in [0.717, 1.165) is 26.1 Å². The quantitative estimate of drug-likeness (QED) is 0.700. The summed E-state index contributed by atoms with van der Waals surface area (Å²) in [5.74, 6) is 0.670. The Kier molecular flexibility index (Phi) is 6.98. The van der Waals surface area contributed by atoms with Crippen LogP contribution in [-0.2, 0) is 14.6 Å². The van der Waals surface area contributed by atoms with Crippen LogP contribution in [0.2, 0.25) is 0 Å². The smallest absolute Gasteiger partial charge is 0.175 e. The molecule has 1 rings (SSSR count). The van der Waals surface area contributed by atoms with Gasteiger partial charge in [0.1, 0.15) is 11.9 Å². The molecule has 5 nitrogen and oxygen atoms in total. The number of methoxy groups -OCH3 is 1. The second-order valence-corrected chi connectivity index (χ2v) is 6.74. The topological polar surface area (TPSA) is 64.6 Å². The molecule has 0 amide bonds. The highest BCUT2D eigenvalue weighted by Gasteiger charge is 2.08. The summed E-state index contributed by atoms with van der Waals surface area (Å²) in [7, 11) is -1.46. The maximum atomic E-state index is 11.3. The summed E-state index contributed by atoms with van der Waals surface area (Å²) in [6.45, 7) is 4.33. The van der Waals surface area contributed by atoms with E-state index in [4.69, 9.17) is 9.47 Å². The second-order valence-electron chi connectivity index (χ2n) is 4.72. The Balaban J connectivity index is 2.37. The highest BCUT2D eigenvalue weighted by molar-refractivity contribution is 7.90. The first kappa shape index (κ1) is 16.9. The van der Waals surface area contributed by atoms with Crippen LogP contribution in [0.1, 0.15) is 13.3 Å². The maximum absolute atomic E-state index is 11.3. The lowest BCUT2D eigenvalue weighted by Crippen LogP contribution is -2.30. The average Bonchev–Trinajstić information content (AvgIpc) is 2.38. The van der Waals surface area contributed by atoms with Gasteiger partial charge in [-0.05, 0) is 44.2 Å². The maximum Gasteiger partial charge on any atom is 0.175 e. The molecule has 0 bridgehead atoms. The molecule has 6 heteroatoms. The lowest BCUT2D eigenvalue weighted by atomic mass is 10.3. The van der Waals surface area contributed by atoms with E-state index in [9.17, 15) is 8.42 Å². The van der Waals surface area contributed by atoms with Crippen LogP contribution in [0.25, 0.3) is 0 Å². The van der Waals surface area contributed by atoms with Crippen molar-refractivity contribution in [3.05, 3.63) is 24.3 Å². The minimum absolute atomic E-state index is 0.0154. The van der Waals surface area contributed by atoms with Crippen LogP contribution in [-0.4, -0.2) is 47.6 Å². The fourth-order valence-electron chi connectivity index (χ4n) is 1.69. The Hall–Kier alpha value is -1.11.